The molecule has 2 heterocycles. The molecule has 0 aliphatic heterocycles. The monoisotopic (exact) mass is 271 g/mol. The number of rotatable bonds is 3. The van der Waals surface area contributed by atoms with E-state index in [1.165, 1.54) is 30.6 Å². The van der Waals surface area contributed by atoms with Crippen LogP contribution in [0.3, 0.4) is 0 Å². The van der Waals surface area contributed by atoms with Gasteiger partial charge in [0.25, 0.3) is 0 Å². The van der Waals surface area contributed by atoms with Crippen molar-refractivity contribution in [3.63, 3.8) is 0 Å². The fraction of sp³-hybridized carbons (Fsp3) is 0.182. The van der Waals surface area contributed by atoms with E-state index in [0.29, 0.717) is 5.56 Å². The first kappa shape index (κ1) is 13.1. The third-order valence-corrected chi connectivity index (χ3v) is 2.24. The van der Waals surface area contributed by atoms with Gasteiger partial charge in [0.1, 0.15) is 12.2 Å². The molecule has 0 radical (unpaired) electrons. The molecule has 2 rings (SSSR count). The molecule has 2 aromatic heterocycles. The van der Waals surface area contributed by atoms with Gasteiger partial charge < -0.3 is 5.11 Å². The van der Waals surface area contributed by atoms with Gasteiger partial charge in [-0.2, -0.15) is 18.3 Å². The third-order valence-electron chi connectivity index (χ3n) is 2.24. The van der Waals surface area contributed by atoms with Crippen molar-refractivity contribution < 1.29 is 23.1 Å². The van der Waals surface area contributed by atoms with E-state index in [9.17, 15) is 18.0 Å². The van der Waals surface area contributed by atoms with E-state index in [-0.39, 0.29) is 11.4 Å². The molecular formula is C11H8F3N3O2. The van der Waals surface area contributed by atoms with Crippen LogP contribution in [-0.2, 0) is 6.54 Å². The molecular weight excluding hydrogens is 263 g/mol. The fourth-order valence-corrected chi connectivity index (χ4v) is 1.48. The standard InChI is InChI=1S/C11H8F3N3O2/c12-11(13,14)6-17-5-7(4-15-17)8-2-1-3-9(16-8)10(18)19/h1-5H,6H2,(H,18,19). The van der Waals surface area contributed by atoms with Gasteiger partial charge >= 0.3 is 12.1 Å². The molecule has 5 nitrogen and oxygen atoms in total. The summed E-state index contributed by atoms with van der Waals surface area (Å²) in [7, 11) is 0. The van der Waals surface area contributed by atoms with Crippen LogP contribution in [0.5, 0.6) is 0 Å². The third kappa shape index (κ3) is 3.30. The predicted molar refractivity (Wildman–Crippen MR) is 58.5 cm³/mol. The molecule has 8 heteroatoms. The Morgan fingerprint density at radius 2 is 2.11 bits per heavy atom. The van der Waals surface area contributed by atoms with E-state index in [1.54, 1.807) is 0 Å². The normalized spacial score (nSPS) is 11.5. The highest BCUT2D eigenvalue weighted by Crippen LogP contribution is 2.20. The van der Waals surface area contributed by atoms with E-state index in [2.05, 4.69) is 10.1 Å². The lowest BCUT2D eigenvalue weighted by atomic mass is 10.2. The number of carboxylic acids is 1. The molecule has 0 saturated heterocycles. The van der Waals surface area contributed by atoms with Crippen molar-refractivity contribution >= 4 is 5.97 Å². The van der Waals surface area contributed by atoms with E-state index >= 15 is 0 Å². The summed E-state index contributed by atoms with van der Waals surface area (Å²) in [6.07, 6.45) is -1.99. The summed E-state index contributed by atoms with van der Waals surface area (Å²) >= 11 is 0. The highest BCUT2D eigenvalue weighted by atomic mass is 19.4. The predicted octanol–water partition coefficient (Wildman–Crippen LogP) is 2.21. The molecule has 0 spiro atoms. The Labute approximate surface area is 105 Å². The summed E-state index contributed by atoms with van der Waals surface area (Å²) in [6, 6.07) is 4.26. The number of hydrogen-bond acceptors (Lipinski definition) is 3. The van der Waals surface area contributed by atoms with E-state index in [4.69, 9.17) is 5.11 Å². The van der Waals surface area contributed by atoms with Gasteiger partial charge in [-0.05, 0) is 12.1 Å². The topological polar surface area (TPSA) is 68.0 Å². The van der Waals surface area contributed by atoms with Gasteiger partial charge in [0.05, 0.1) is 11.9 Å². The zero-order valence-electron chi connectivity index (χ0n) is 9.42. The zero-order valence-corrected chi connectivity index (χ0v) is 9.42. The lowest BCUT2D eigenvalue weighted by Crippen LogP contribution is -2.17. The zero-order chi connectivity index (χ0) is 14.0. The molecule has 0 amide bonds. The Balaban J connectivity index is 2.28. The van der Waals surface area contributed by atoms with Gasteiger partial charge in [-0.25, -0.2) is 9.78 Å². The Morgan fingerprint density at radius 3 is 2.74 bits per heavy atom. The van der Waals surface area contributed by atoms with Crippen molar-refractivity contribution in [2.45, 2.75) is 12.7 Å². The van der Waals surface area contributed by atoms with Crippen LogP contribution in [0.1, 0.15) is 10.5 Å². The minimum atomic E-state index is -4.36. The van der Waals surface area contributed by atoms with Crippen LogP contribution in [-0.4, -0.2) is 32.0 Å². The minimum Gasteiger partial charge on any atom is -0.477 e. The molecule has 0 aromatic carbocycles. The van der Waals surface area contributed by atoms with Crippen molar-refractivity contribution in [2.75, 3.05) is 0 Å². The van der Waals surface area contributed by atoms with Gasteiger partial charge in [0, 0.05) is 11.8 Å². The van der Waals surface area contributed by atoms with Crippen LogP contribution in [0.25, 0.3) is 11.3 Å². The molecule has 0 bridgehead atoms. The minimum absolute atomic E-state index is 0.180. The number of carboxylic acid groups (broad SMARTS) is 1. The molecule has 100 valence electrons. The maximum absolute atomic E-state index is 12.2. The average molecular weight is 271 g/mol. The van der Waals surface area contributed by atoms with Crippen LogP contribution in [0.2, 0.25) is 0 Å². The number of aromatic carboxylic acids is 1. The number of carbonyl (C=O) groups is 1. The molecule has 0 saturated carbocycles. The summed E-state index contributed by atoms with van der Waals surface area (Å²) < 4.78 is 37.2. The second-order valence-corrected chi connectivity index (χ2v) is 3.75. The van der Waals surface area contributed by atoms with Crippen molar-refractivity contribution in [2.24, 2.45) is 0 Å². The van der Waals surface area contributed by atoms with Crippen LogP contribution in [0.4, 0.5) is 13.2 Å². The average Bonchev–Trinajstić information content (AvgIpc) is 2.75. The lowest BCUT2D eigenvalue weighted by Gasteiger charge is -2.05. The van der Waals surface area contributed by atoms with Crippen LogP contribution >= 0.6 is 0 Å². The molecule has 0 fully saturated rings. The largest absolute Gasteiger partial charge is 0.477 e. The van der Waals surface area contributed by atoms with E-state index in [0.717, 1.165) is 4.68 Å². The molecule has 0 aliphatic carbocycles. The second-order valence-electron chi connectivity index (χ2n) is 3.75. The van der Waals surface area contributed by atoms with Gasteiger partial charge in [-0.3, -0.25) is 4.68 Å². The molecule has 1 N–H and O–H groups in total. The van der Waals surface area contributed by atoms with Crippen molar-refractivity contribution in [1.29, 1.82) is 0 Å². The van der Waals surface area contributed by atoms with Crippen molar-refractivity contribution in [1.82, 2.24) is 14.8 Å². The van der Waals surface area contributed by atoms with Gasteiger partial charge in [-0.1, -0.05) is 6.07 Å². The first-order chi connectivity index (χ1) is 8.85. The smallest absolute Gasteiger partial charge is 0.408 e. The van der Waals surface area contributed by atoms with Crippen LogP contribution in [0.15, 0.2) is 30.6 Å². The number of hydrogen-bond donors (Lipinski definition) is 1. The molecule has 19 heavy (non-hydrogen) atoms. The number of aromatic nitrogens is 3. The Hall–Kier alpha value is -2.38. The number of alkyl halides is 3. The Morgan fingerprint density at radius 1 is 1.37 bits per heavy atom. The van der Waals surface area contributed by atoms with Crippen molar-refractivity contribution in [3.8, 4) is 11.3 Å². The molecule has 0 atom stereocenters. The Bertz CT molecular complexity index is 607. The summed E-state index contributed by atoms with van der Waals surface area (Å²) in [5.41, 5.74) is 0.404. The second kappa shape index (κ2) is 4.71. The summed E-state index contributed by atoms with van der Waals surface area (Å²) in [6.45, 7) is -1.20. The first-order valence-corrected chi connectivity index (χ1v) is 5.15. The molecule has 0 aliphatic rings. The molecule has 2 aromatic rings. The summed E-state index contributed by atoms with van der Waals surface area (Å²) in [5, 5.41) is 12.3. The summed E-state index contributed by atoms with van der Waals surface area (Å²) in [5.74, 6) is -1.20. The summed E-state index contributed by atoms with van der Waals surface area (Å²) in [4.78, 5) is 14.6. The lowest BCUT2D eigenvalue weighted by molar-refractivity contribution is -0.142. The highest BCUT2D eigenvalue weighted by Gasteiger charge is 2.28. The maximum Gasteiger partial charge on any atom is 0.408 e. The maximum atomic E-state index is 12.2. The highest BCUT2D eigenvalue weighted by molar-refractivity contribution is 5.86. The Kier molecular flexibility index (Phi) is 3.24. The first-order valence-electron chi connectivity index (χ1n) is 5.15. The van der Waals surface area contributed by atoms with Crippen LogP contribution < -0.4 is 0 Å². The van der Waals surface area contributed by atoms with Crippen LogP contribution in [0, 0.1) is 0 Å². The molecule has 0 unspecified atom stereocenters. The fourth-order valence-electron chi connectivity index (χ4n) is 1.48. The van der Waals surface area contributed by atoms with Gasteiger partial charge in [0.2, 0.25) is 0 Å². The quantitative estimate of drug-likeness (QED) is 0.929. The van der Waals surface area contributed by atoms with E-state index in [1.807, 2.05) is 0 Å². The number of halogens is 3. The van der Waals surface area contributed by atoms with Gasteiger partial charge in [0.15, 0.2) is 0 Å². The number of pyridine rings is 1. The van der Waals surface area contributed by atoms with E-state index < -0.39 is 18.7 Å². The SMILES string of the molecule is O=C(O)c1cccc(-c2cnn(CC(F)(F)F)c2)n1. The number of nitrogens with zero attached hydrogens (tertiary/aromatic N) is 3. The van der Waals surface area contributed by atoms with Crippen molar-refractivity contribution in [3.05, 3.63) is 36.3 Å². The van der Waals surface area contributed by atoms with Gasteiger partial charge in [-0.15, -0.1) is 0 Å².